The largest absolute Gasteiger partial charge is 0.382 e. The minimum Gasteiger partial charge on any atom is -0.382 e. The van der Waals surface area contributed by atoms with Gasteiger partial charge in [-0.1, -0.05) is 13.3 Å². The molecule has 0 unspecified atom stereocenters. The first-order chi connectivity index (χ1) is 15.2. The molecule has 4 heterocycles. The van der Waals surface area contributed by atoms with Crippen LogP contribution in [0.15, 0.2) is 42.9 Å². The normalized spacial score (nSPS) is 11.3. The smallest absolute Gasteiger partial charge is 0.252 e. The van der Waals surface area contributed by atoms with Crippen molar-refractivity contribution in [3.05, 3.63) is 54.2 Å². The molecule has 4 aromatic rings. The Labute approximate surface area is 180 Å². The number of anilines is 1. The Kier molecular flexibility index (Phi) is 6.35. The molecule has 0 atom stereocenters. The molecule has 0 aliphatic carbocycles. The highest BCUT2D eigenvalue weighted by molar-refractivity contribution is 6.04. The summed E-state index contributed by atoms with van der Waals surface area (Å²) < 4.78 is 2.24. The maximum Gasteiger partial charge on any atom is 0.252 e. The number of unbranched alkanes of at least 4 members (excludes halogenated alkanes) is 2. The lowest BCUT2D eigenvalue weighted by Gasteiger charge is -2.11. The van der Waals surface area contributed by atoms with E-state index in [1.54, 1.807) is 30.7 Å². The third kappa shape index (κ3) is 4.47. The number of aryl methyl sites for hydroxylation is 2. The van der Waals surface area contributed by atoms with Gasteiger partial charge in [0.1, 0.15) is 22.4 Å². The Morgan fingerprint density at radius 3 is 2.77 bits per heavy atom. The van der Waals surface area contributed by atoms with Gasteiger partial charge < -0.3 is 15.6 Å². The monoisotopic (exact) mass is 417 g/mol. The molecule has 0 saturated heterocycles. The van der Waals surface area contributed by atoms with E-state index in [2.05, 4.69) is 31.8 Å². The van der Waals surface area contributed by atoms with Crippen molar-refractivity contribution in [2.45, 2.75) is 45.6 Å². The van der Waals surface area contributed by atoms with Gasteiger partial charge in [-0.2, -0.15) is 0 Å². The number of hydrogen-bond acceptors (Lipinski definition) is 6. The molecular weight excluding hydrogens is 390 g/mol. The first kappa shape index (κ1) is 20.7. The maximum atomic E-state index is 12.2. The first-order valence-corrected chi connectivity index (χ1v) is 10.8. The minimum absolute atomic E-state index is 0.0983. The average molecular weight is 418 g/mol. The van der Waals surface area contributed by atoms with Crippen LogP contribution in [-0.2, 0) is 13.0 Å². The van der Waals surface area contributed by atoms with E-state index in [0.717, 1.165) is 66.5 Å². The molecule has 8 heteroatoms. The summed E-state index contributed by atoms with van der Waals surface area (Å²) in [6, 6.07) is 7.31. The van der Waals surface area contributed by atoms with E-state index < -0.39 is 0 Å². The number of carbonyl (C=O) groups excluding carboxylic acids is 1. The molecule has 8 nitrogen and oxygen atoms in total. The third-order valence-corrected chi connectivity index (χ3v) is 5.31. The first-order valence-electron chi connectivity index (χ1n) is 10.8. The van der Waals surface area contributed by atoms with Gasteiger partial charge in [0.05, 0.1) is 11.1 Å². The second-order valence-corrected chi connectivity index (χ2v) is 7.55. The van der Waals surface area contributed by atoms with Gasteiger partial charge in [-0.15, -0.1) is 0 Å². The van der Waals surface area contributed by atoms with Gasteiger partial charge >= 0.3 is 0 Å². The molecule has 1 amide bonds. The Morgan fingerprint density at radius 1 is 1.10 bits per heavy atom. The Balaban J connectivity index is 1.51. The molecule has 4 aromatic heterocycles. The molecule has 31 heavy (non-hydrogen) atoms. The number of nitrogens with two attached hydrogens (primary N) is 1. The van der Waals surface area contributed by atoms with Crippen LogP contribution in [0.5, 0.6) is 0 Å². The van der Waals surface area contributed by atoms with E-state index in [1.165, 1.54) is 0 Å². The number of aromatic nitrogens is 5. The number of rotatable bonds is 9. The minimum atomic E-state index is -0.0983. The second-order valence-electron chi connectivity index (χ2n) is 7.55. The molecule has 0 radical (unpaired) electrons. The number of carbonyl (C=O) groups is 1. The topological polar surface area (TPSA) is 112 Å². The van der Waals surface area contributed by atoms with Crippen molar-refractivity contribution >= 4 is 33.8 Å². The number of nitrogen functional groups attached to an aromatic ring is 1. The number of nitrogens with one attached hydrogen (secondary N) is 1. The number of pyridine rings is 3. The molecule has 0 aliphatic rings. The zero-order chi connectivity index (χ0) is 21.6. The number of fused-ring (bicyclic) bond motifs is 3. The molecule has 0 saturated carbocycles. The lowest BCUT2D eigenvalue weighted by Crippen LogP contribution is -2.24. The summed E-state index contributed by atoms with van der Waals surface area (Å²) in [6.45, 7) is 3.56. The molecule has 0 bridgehead atoms. The fourth-order valence-electron chi connectivity index (χ4n) is 3.73. The van der Waals surface area contributed by atoms with E-state index in [4.69, 9.17) is 10.7 Å². The molecule has 0 fully saturated rings. The third-order valence-electron chi connectivity index (χ3n) is 5.31. The zero-order valence-corrected chi connectivity index (χ0v) is 17.7. The molecule has 0 spiro atoms. The lowest BCUT2D eigenvalue weighted by molar-refractivity contribution is 0.0952. The van der Waals surface area contributed by atoms with E-state index >= 15 is 0 Å². The highest BCUT2D eigenvalue weighted by atomic mass is 16.1. The highest BCUT2D eigenvalue weighted by Crippen LogP contribution is 2.28. The van der Waals surface area contributed by atoms with Crippen LogP contribution in [0.2, 0.25) is 0 Å². The Morgan fingerprint density at radius 2 is 1.97 bits per heavy atom. The van der Waals surface area contributed by atoms with Crippen molar-refractivity contribution in [2.24, 2.45) is 0 Å². The SMILES string of the molecule is CCCCc1nc2c(N)nc3cccnc3c2n1CCCCNC(=O)c1cccnc1. The van der Waals surface area contributed by atoms with Crippen LogP contribution >= 0.6 is 0 Å². The van der Waals surface area contributed by atoms with Crippen LogP contribution in [0.4, 0.5) is 5.82 Å². The standard InChI is InChI=1S/C23H27N7O/c1-2-3-10-18-29-20-21(19-17(28-22(20)24)9-7-13-26-19)30(18)14-5-4-12-27-23(31)16-8-6-11-25-15-16/h6-9,11,13,15H,2-5,10,12,14H2,1H3,(H2,24,28)(H,27,31). The van der Waals surface area contributed by atoms with Gasteiger partial charge in [-0.05, 0) is 43.5 Å². The summed E-state index contributed by atoms with van der Waals surface area (Å²) in [5.41, 5.74) is 10.1. The Bertz CT molecular complexity index is 1190. The van der Waals surface area contributed by atoms with Gasteiger partial charge in [0.2, 0.25) is 0 Å². The average Bonchev–Trinajstić information content (AvgIpc) is 3.17. The molecule has 4 rings (SSSR count). The van der Waals surface area contributed by atoms with Gasteiger partial charge in [-0.25, -0.2) is 9.97 Å². The highest BCUT2D eigenvalue weighted by Gasteiger charge is 2.17. The Hall–Kier alpha value is -3.55. The fraction of sp³-hybridized carbons (Fsp3) is 0.348. The molecule has 0 aliphatic heterocycles. The van der Waals surface area contributed by atoms with Crippen LogP contribution in [0.3, 0.4) is 0 Å². The zero-order valence-electron chi connectivity index (χ0n) is 17.7. The summed E-state index contributed by atoms with van der Waals surface area (Å²) >= 11 is 0. The van der Waals surface area contributed by atoms with Crippen molar-refractivity contribution in [3.8, 4) is 0 Å². The summed E-state index contributed by atoms with van der Waals surface area (Å²) in [4.78, 5) is 30.0. The van der Waals surface area contributed by atoms with Gasteiger partial charge in [0.15, 0.2) is 5.82 Å². The summed E-state index contributed by atoms with van der Waals surface area (Å²) in [5, 5.41) is 2.96. The van der Waals surface area contributed by atoms with Crippen molar-refractivity contribution in [1.82, 2.24) is 29.8 Å². The molecule has 3 N–H and O–H groups in total. The number of imidazole rings is 1. The molecular formula is C23H27N7O. The van der Waals surface area contributed by atoms with Crippen LogP contribution < -0.4 is 11.1 Å². The predicted octanol–water partition coefficient (Wildman–Crippen LogP) is 3.51. The van der Waals surface area contributed by atoms with Crippen molar-refractivity contribution in [3.63, 3.8) is 0 Å². The van der Waals surface area contributed by atoms with E-state index in [9.17, 15) is 4.79 Å². The van der Waals surface area contributed by atoms with Crippen LogP contribution in [-0.4, -0.2) is 37.0 Å². The van der Waals surface area contributed by atoms with Gasteiger partial charge in [0, 0.05) is 38.1 Å². The molecule has 0 aromatic carbocycles. The van der Waals surface area contributed by atoms with Crippen molar-refractivity contribution < 1.29 is 4.79 Å². The predicted molar refractivity (Wildman–Crippen MR) is 122 cm³/mol. The summed E-state index contributed by atoms with van der Waals surface area (Å²) in [7, 11) is 0. The number of nitrogens with zero attached hydrogens (tertiary/aromatic N) is 5. The van der Waals surface area contributed by atoms with E-state index in [0.29, 0.717) is 17.9 Å². The lowest BCUT2D eigenvalue weighted by atomic mass is 10.2. The number of hydrogen-bond donors (Lipinski definition) is 2. The maximum absolute atomic E-state index is 12.2. The van der Waals surface area contributed by atoms with Crippen molar-refractivity contribution in [1.29, 1.82) is 0 Å². The van der Waals surface area contributed by atoms with Crippen molar-refractivity contribution in [2.75, 3.05) is 12.3 Å². The second kappa shape index (κ2) is 9.51. The summed E-state index contributed by atoms with van der Waals surface area (Å²) in [6.07, 6.45) is 9.79. The van der Waals surface area contributed by atoms with Crippen LogP contribution in [0, 0.1) is 0 Å². The van der Waals surface area contributed by atoms with Crippen LogP contribution in [0.1, 0.15) is 48.8 Å². The van der Waals surface area contributed by atoms with Crippen LogP contribution in [0.25, 0.3) is 22.1 Å². The number of amides is 1. The quantitative estimate of drug-likeness (QED) is 0.403. The summed E-state index contributed by atoms with van der Waals surface area (Å²) in [5.74, 6) is 1.36. The van der Waals surface area contributed by atoms with E-state index in [1.807, 2.05) is 12.1 Å². The van der Waals surface area contributed by atoms with E-state index in [-0.39, 0.29) is 5.91 Å². The van der Waals surface area contributed by atoms with Gasteiger partial charge in [-0.3, -0.25) is 14.8 Å². The van der Waals surface area contributed by atoms with Gasteiger partial charge in [0.25, 0.3) is 5.91 Å². The fourth-order valence-corrected chi connectivity index (χ4v) is 3.73. The molecule has 160 valence electrons.